The summed E-state index contributed by atoms with van der Waals surface area (Å²) < 4.78 is 33.4. The van der Waals surface area contributed by atoms with Crippen molar-refractivity contribution in [1.82, 2.24) is 14.9 Å². The Labute approximate surface area is 190 Å². The standard InChI is InChI=1S/C23H30F2N4O2S/c1-22(12-17(26)30)7-6-16-19(22)18-20(27-13-28-21(18)32-16)31-15-4-2-14(3-5-15)29-10-8-23(24,25)9-11-29/h13-15H,2-12H2,1H3,(H2,26,30)/t14-,15-,22?. The van der Waals surface area contributed by atoms with Crippen molar-refractivity contribution < 1.29 is 18.3 Å². The number of aryl methyl sites for hydroxylation is 1. The van der Waals surface area contributed by atoms with Gasteiger partial charge in [-0.15, -0.1) is 11.3 Å². The molecule has 1 aliphatic heterocycles. The highest BCUT2D eigenvalue weighted by molar-refractivity contribution is 7.19. The van der Waals surface area contributed by atoms with Gasteiger partial charge in [-0.3, -0.25) is 9.69 Å². The molecule has 0 radical (unpaired) electrons. The van der Waals surface area contributed by atoms with Gasteiger partial charge in [0.2, 0.25) is 11.8 Å². The third-order valence-electron chi connectivity index (χ3n) is 7.57. The molecule has 0 aromatic carbocycles. The van der Waals surface area contributed by atoms with Gasteiger partial charge in [-0.2, -0.15) is 0 Å². The minimum Gasteiger partial charge on any atom is -0.474 e. The monoisotopic (exact) mass is 464 g/mol. The van der Waals surface area contributed by atoms with Crippen molar-refractivity contribution in [3.8, 4) is 5.88 Å². The highest BCUT2D eigenvalue weighted by atomic mass is 32.1. The SMILES string of the molecule is CC1(CC(N)=O)CCc2sc3ncnc(O[C@H]4CC[C@H](N5CCC(F)(F)CC5)CC4)c3c21. The molecule has 174 valence electrons. The molecule has 2 aliphatic carbocycles. The molecule has 2 aromatic heterocycles. The van der Waals surface area contributed by atoms with Crippen molar-refractivity contribution in [2.45, 2.75) is 88.2 Å². The van der Waals surface area contributed by atoms with Crippen molar-refractivity contribution in [2.24, 2.45) is 5.73 Å². The number of hydrogen-bond acceptors (Lipinski definition) is 6. The van der Waals surface area contributed by atoms with Gasteiger partial charge >= 0.3 is 0 Å². The Hall–Kier alpha value is -1.87. The summed E-state index contributed by atoms with van der Waals surface area (Å²) in [5.41, 5.74) is 6.39. The van der Waals surface area contributed by atoms with Crippen LogP contribution in [0.25, 0.3) is 10.2 Å². The summed E-state index contributed by atoms with van der Waals surface area (Å²) in [5.74, 6) is -2.20. The van der Waals surface area contributed by atoms with E-state index in [0.29, 0.717) is 31.4 Å². The molecule has 2 N–H and O–H groups in total. The summed E-state index contributed by atoms with van der Waals surface area (Å²) in [6, 6.07) is 0.362. The van der Waals surface area contributed by atoms with Gasteiger partial charge in [-0.1, -0.05) is 6.92 Å². The van der Waals surface area contributed by atoms with Gasteiger partial charge in [0, 0.05) is 48.7 Å². The molecule has 32 heavy (non-hydrogen) atoms. The molecular formula is C23H30F2N4O2S. The third-order valence-corrected chi connectivity index (χ3v) is 8.72. The van der Waals surface area contributed by atoms with E-state index in [9.17, 15) is 13.6 Å². The number of fused-ring (bicyclic) bond motifs is 3. The number of rotatable bonds is 5. The second-order valence-electron chi connectivity index (χ2n) is 9.90. The Morgan fingerprint density at radius 1 is 1.22 bits per heavy atom. The highest BCUT2D eigenvalue weighted by Gasteiger charge is 2.41. The smallest absolute Gasteiger partial charge is 0.250 e. The number of aromatic nitrogens is 2. The van der Waals surface area contributed by atoms with Gasteiger partial charge in [0.25, 0.3) is 5.92 Å². The second kappa shape index (κ2) is 8.17. The summed E-state index contributed by atoms with van der Waals surface area (Å²) in [6.07, 6.45) is 7.31. The zero-order chi connectivity index (χ0) is 22.5. The Balaban J connectivity index is 1.30. The largest absolute Gasteiger partial charge is 0.474 e. The number of primary amides is 1. The van der Waals surface area contributed by atoms with E-state index in [1.807, 2.05) is 0 Å². The summed E-state index contributed by atoms with van der Waals surface area (Å²) >= 11 is 1.66. The number of piperidine rings is 1. The summed E-state index contributed by atoms with van der Waals surface area (Å²) in [5, 5.41) is 0.939. The van der Waals surface area contributed by atoms with Crippen LogP contribution in [0.2, 0.25) is 0 Å². The minimum absolute atomic E-state index is 0.0321. The minimum atomic E-state index is -2.50. The summed E-state index contributed by atoms with van der Waals surface area (Å²) in [7, 11) is 0. The van der Waals surface area contributed by atoms with Gasteiger partial charge < -0.3 is 10.5 Å². The summed E-state index contributed by atoms with van der Waals surface area (Å²) in [6.45, 7) is 3.06. The molecule has 2 fully saturated rings. The van der Waals surface area contributed by atoms with E-state index in [0.717, 1.165) is 54.3 Å². The first-order valence-corrected chi connectivity index (χ1v) is 12.4. The fraction of sp³-hybridized carbons (Fsp3) is 0.696. The van der Waals surface area contributed by atoms with Crippen LogP contribution in [0.3, 0.4) is 0 Å². The number of thiophene rings is 1. The number of halogens is 2. The van der Waals surface area contributed by atoms with Crippen LogP contribution < -0.4 is 10.5 Å². The maximum atomic E-state index is 13.5. The third kappa shape index (κ3) is 4.09. The molecule has 0 spiro atoms. The Kier molecular flexibility index (Phi) is 5.60. The number of carbonyl (C=O) groups excluding carboxylic acids is 1. The number of hydrogen-bond donors (Lipinski definition) is 1. The number of nitrogens with two attached hydrogens (primary N) is 1. The maximum Gasteiger partial charge on any atom is 0.250 e. The van der Waals surface area contributed by atoms with E-state index in [-0.39, 0.29) is 30.3 Å². The number of amides is 1. The van der Waals surface area contributed by atoms with E-state index in [1.165, 1.54) is 4.88 Å². The topological polar surface area (TPSA) is 81.3 Å². The lowest BCUT2D eigenvalue weighted by Crippen LogP contribution is -2.47. The zero-order valence-corrected chi connectivity index (χ0v) is 19.2. The predicted molar refractivity (Wildman–Crippen MR) is 119 cm³/mol. The van der Waals surface area contributed by atoms with Crippen molar-refractivity contribution in [1.29, 1.82) is 0 Å². The molecule has 6 nitrogen and oxygen atoms in total. The zero-order valence-electron chi connectivity index (χ0n) is 18.4. The molecule has 3 aliphatic rings. The van der Waals surface area contributed by atoms with Gasteiger partial charge in [0.15, 0.2) is 0 Å². The van der Waals surface area contributed by atoms with Crippen molar-refractivity contribution >= 4 is 27.5 Å². The Morgan fingerprint density at radius 2 is 1.94 bits per heavy atom. The first-order chi connectivity index (χ1) is 15.2. The molecule has 1 saturated carbocycles. The number of carbonyl (C=O) groups is 1. The first kappa shape index (κ1) is 21.9. The van der Waals surface area contributed by atoms with Gasteiger partial charge in [-0.25, -0.2) is 18.7 Å². The normalized spacial score (nSPS) is 30.3. The van der Waals surface area contributed by atoms with Crippen LogP contribution in [0.15, 0.2) is 6.33 Å². The molecular weight excluding hydrogens is 434 g/mol. The van der Waals surface area contributed by atoms with Crippen LogP contribution in [0.5, 0.6) is 5.88 Å². The number of ether oxygens (including phenoxy) is 1. The quantitative estimate of drug-likeness (QED) is 0.718. The van der Waals surface area contributed by atoms with Crippen molar-refractivity contribution in [3.63, 3.8) is 0 Å². The molecule has 2 aromatic rings. The van der Waals surface area contributed by atoms with Gasteiger partial charge in [0.05, 0.1) is 5.39 Å². The number of nitrogens with zero attached hydrogens (tertiary/aromatic N) is 3. The van der Waals surface area contributed by atoms with Gasteiger partial charge in [-0.05, 0) is 44.1 Å². The first-order valence-electron chi connectivity index (χ1n) is 11.6. The lowest BCUT2D eigenvalue weighted by molar-refractivity contribution is -0.119. The fourth-order valence-electron chi connectivity index (χ4n) is 5.83. The molecule has 1 saturated heterocycles. The van der Waals surface area contributed by atoms with Crippen LogP contribution in [0.4, 0.5) is 8.78 Å². The average Bonchev–Trinajstić information content (AvgIpc) is 3.26. The van der Waals surface area contributed by atoms with Crippen LogP contribution in [0, 0.1) is 0 Å². The number of alkyl halides is 2. The molecule has 0 bridgehead atoms. The molecule has 1 atom stereocenters. The van der Waals surface area contributed by atoms with Gasteiger partial charge in [0.1, 0.15) is 17.3 Å². The highest BCUT2D eigenvalue weighted by Crippen LogP contribution is 2.50. The van der Waals surface area contributed by atoms with E-state index in [1.54, 1.807) is 17.7 Å². The van der Waals surface area contributed by atoms with E-state index >= 15 is 0 Å². The van der Waals surface area contributed by atoms with Crippen molar-refractivity contribution in [3.05, 3.63) is 16.8 Å². The molecule has 1 unspecified atom stereocenters. The van der Waals surface area contributed by atoms with E-state index in [4.69, 9.17) is 10.5 Å². The molecule has 3 heterocycles. The Bertz CT molecular complexity index is 1010. The molecule has 5 rings (SSSR count). The van der Waals surface area contributed by atoms with E-state index < -0.39 is 5.92 Å². The summed E-state index contributed by atoms with van der Waals surface area (Å²) in [4.78, 5) is 25.1. The van der Waals surface area contributed by atoms with Crippen LogP contribution in [-0.2, 0) is 16.6 Å². The van der Waals surface area contributed by atoms with E-state index in [2.05, 4.69) is 21.8 Å². The second-order valence-corrected chi connectivity index (χ2v) is 11.0. The Morgan fingerprint density at radius 3 is 2.62 bits per heavy atom. The maximum absolute atomic E-state index is 13.5. The fourth-order valence-corrected chi connectivity index (χ4v) is 7.11. The van der Waals surface area contributed by atoms with Crippen LogP contribution >= 0.6 is 11.3 Å². The van der Waals surface area contributed by atoms with Crippen LogP contribution in [0.1, 0.15) is 68.7 Å². The predicted octanol–water partition coefficient (Wildman–Crippen LogP) is 4.19. The lowest BCUT2D eigenvalue weighted by atomic mass is 9.80. The average molecular weight is 465 g/mol. The lowest BCUT2D eigenvalue weighted by Gasteiger charge is -2.40. The van der Waals surface area contributed by atoms with Crippen LogP contribution in [-0.4, -0.2) is 51.9 Å². The number of likely N-dealkylation sites (tertiary alicyclic amines) is 1. The van der Waals surface area contributed by atoms with Crippen molar-refractivity contribution in [2.75, 3.05) is 13.1 Å². The molecule has 9 heteroatoms. The molecule has 1 amide bonds.